The maximum Gasteiger partial charge on any atom is 0.242 e. The SMILES string of the molecule is C[C@@H]1CCCC[NH+]1CCCNC(=S)Nc1cccc(S(=O)(=O)N(C)C)c1. The summed E-state index contributed by atoms with van der Waals surface area (Å²) in [6.07, 6.45) is 5.09. The standard InChI is InChI=1S/C18H30N4O2S2/c1-15-8-4-5-12-22(15)13-7-11-19-18(25)20-16-9-6-10-17(14-16)26(23,24)21(2)3/h6,9-10,14-15H,4-5,7-8,11-13H2,1-3H3,(H2,19,20,25)/p+1/t15-/m1/s1. The van der Waals surface area contributed by atoms with Crippen molar-refractivity contribution in [3.8, 4) is 0 Å². The second-order valence-corrected chi connectivity index (χ2v) is 9.66. The van der Waals surface area contributed by atoms with Crippen LogP contribution in [0.25, 0.3) is 0 Å². The lowest BCUT2D eigenvalue weighted by Gasteiger charge is -2.30. The molecule has 0 bridgehead atoms. The van der Waals surface area contributed by atoms with Crippen LogP contribution in [-0.4, -0.2) is 57.6 Å². The zero-order chi connectivity index (χ0) is 19.2. The molecule has 8 heteroatoms. The number of sulfonamides is 1. The number of rotatable bonds is 7. The number of piperidine rings is 1. The lowest BCUT2D eigenvalue weighted by atomic mass is 10.0. The van der Waals surface area contributed by atoms with Gasteiger partial charge in [0.15, 0.2) is 5.11 Å². The summed E-state index contributed by atoms with van der Waals surface area (Å²) in [7, 11) is -0.406. The first-order valence-electron chi connectivity index (χ1n) is 9.22. The zero-order valence-corrected chi connectivity index (χ0v) is 17.5. The van der Waals surface area contributed by atoms with Crippen molar-refractivity contribution in [2.24, 2.45) is 0 Å². The molecule has 1 fully saturated rings. The van der Waals surface area contributed by atoms with Gasteiger partial charge in [-0.2, -0.15) is 0 Å². The van der Waals surface area contributed by atoms with Crippen molar-refractivity contribution in [3.63, 3.8) is 0 Å². The summed E-state index contributed by atoms with van der Waals surface area (Å²) in [6, 6.07) is 7.46. The number of nitrogens with zero attached hydrogens (tertiary/aromatic N) is 1. The molecule has 146 valence electrons. The second kappa shape index (κ2) is 9.64. The first kappa shape index (κ1) is 21.1. The Balaban J connectivity index is 1.79. The summed E-state index contributed by atoms with van der Waals surface area (Å²) in [5.74, 6) is 0. The fourth-order valence-electron chi connectivity index (χ4n) is 3.26. The molecule has 1 aromatic rings. The van der Waals surface area contributed by atoms with Gasteiger partial charge in [0.1, 0.15) is 0 Å². The van der Waals surface area contributed by atoms with Crippen LogP contribution in [-0.2, 0) is 10.0 Å². The van der Waals surface area contributed by atoms with E-state index in [0.717, 1.165) is 25.6 Å². The molecule has 0 spiro atoms. The van der Waals surface area contributed by atoms with Gasteiger partial charge in [0, 0.05) is 32.7 Å². The molecule has 1 saturated heterocycles. The zero-order valence-electron chi connectivity index (χ0n) is 15.9. The van der Waals surface area contributed by atoms with Crippen molar-refractivity contribution in [1.82, 2.24) is 9.62 Å². The summed E-state index contributed by atoms with van der Waals surface area (Å²) in [5, 5.41) is 6.80. The first-order chi connectivity index (χ1) is 12.3. The molecule has 0 radical (unpaired) electrons. The van der Waals surface area contributed by atoms with E-state index in [9.17, 15) is 8.42 Å². The summed E-state index contributed by atoms with van der Waals surface area (Å²) in [5.41, 5.74) is 0.667. The van der Waals surface area contributed by atoms with Crippen LogP contribution in [0.3, 0.4) is 0 Å². The van der Waals surface area contributed by atoms with Gasteiger partial charge in [-0.1, -0.05) is 6.07 Å². The smallest absolute Gasteiger partial charge is 0.242 e. The van der Waals surface area contributed by atoms with E-state index < -0.39 is 10.0 Å². The second-order valence-electron chi connectivity index (χ2n) is 7.10. The van der Waals surface area contributed by atoms with E-state index in [-0.39, 0.29) is 4.90 Å². The normalized spacial score (nSPS) is 20.8. The molecule has 0 aliphatic carbocycles. The monoisotopic (exact) mass is 399 g/mol. The number of quaternary nitrogens is 1. The van der Waals surface area contributed by atoms with Gasteiger partial charge in [0.2, 0.25) is 10.0 Å². The highest BCUT2D eigenvalue weighted by Gasteiger charge is 2.21. The molecule has 0 amide bonds. The molecule has 6 nitrogen and oxygen atoms in total. The van der Waals surface area contributed by atoms with E-state index in [0.29, 0.717) is 10.8 Å². The van der Waals surface area contributed by atoms with Gasteiger partial charge in [-0.05, 0) is 56.6 Å². The minimum atomic E-state index is -3.45. The Morgan fingerprint density at radius 2 is 2.12 bits per heavy atom. The van der Waals surface area contributed by atoms with Crippen molar-refractivity contribution in [1.29, 1.82) is 0 Å². The predicted molar refractivity (Wildman–Crippen MR) is 110 cm³/mol. The minimum Gasteiger partial charge on any atom is -0.362 e. The molecular formula is C18H31N4O2S2+. The van der Waals surface area contributed by atoms with Crippen molar-refractivity contribution < 1.29 is 13.3 Å². The molecule has 1 aliphatic heterocycles. The Morgan fingerprint density at radius 1 is 1.35 bits per heavy atom. The van der Waals surface area contributed by atoms with Gasteiger partial charge in [-0.3, -0.25) is 0 Å². The van der Waals surface area contributed by atoms with Crippen LogP contribution in [0.1, 0.15) is 32.6 Å². The molecule has 2 rings (SSSR count). The molecular weight excluding hydrogens is 368 g/mol. The highest BCUT2D eigenvalue weighted by molar-refractivity contribution is 7.89. The maximum atomic E-state index is 12.2. The van der Waals surface area contributed by atoms with E-state index in [2.05, 4.69) is 17.6 Å². The van der Waals surface area contributed by atoms with Gasteiger partial charge in [-0.25, -0.2) is 12.7 Å². The molecule has 26 heavy (non-hydrogen) atoms. The Labute approximate surface area is 163 Å². The van der Waals surface area contributed by atoms with E-state index in [1.807, 2.05) is 6.07 Å². The van der Waals surface area contributed by atoms with Crippen molar-refractivity contribution in [2.45, 2.75) is 43.5 Å². The fourth-order valence-corrected chi connectivity index (χ4v) is 4.43. The van der Waals surface area contributed by atoms with Gasteiger partial charge < -0.3 is 15.5 Å². The average molecular weight is 400 g/mol. The third-order valence-electron chi connectivity index (χ3n) is 4.91. The summed E-state index contributed by atoms with van der Waals surface area (Å²) in [4.78, 5) is 1.94. The fraction of sp³-hybridized carbons (Fsp3) is 0.611. The van der Waals surface area contributed by atoms with Crippen molar-refractivity contribution in [3.05, 3.63) is 24.3 Å². The highest BCUT2D eigenvalue weighted by Crippen LogP contribution is 2.17. The van der Waals surface area contributed by atoms with Gasteiger partial charge in [0.25, 0.3) is 0 Å². The predicted octanol–water partition coefficient (Wildman–Crippen LogP) is 1.07. The van der Waals surface area contributed by atoms with Crippen LogP contribution in [0.2, 0.25) is 0 Å². The van der Waals surface area contributed by atoms with Crippen LogP contribution in [0, 0.1) is 0 Å². The van der Waals surface area contributed by atoms with Gasteiger partial charge >= 0.3 is 0 Å². The summed E-state index contributed by atoms with van der Waals surface area (Å²) >= 11 is 5.33. The molecule has 1 aliphatic rings. The molecule has 2 atom stereocenters. The lowest BCUT2D eigenvalue weighted by Crippen LogP contribution is -3.16. The van der Waals surface area contributed by atoms with Crippen LogP contribution >= 0.6 is 12.2 Å². The van der Waals surface area contributed by atoms with Gasteiger partial charge in [-0.15, -0.1) is 0 Å². The maximum absolute atomic E-state index is 12.2. The Hall–Kier alpha value is -1.22. The highest BCUT2D eigenvalue weighted by atomic mass is 32.2. The molecule has 1 heterocycles. The first-order valence-corrected chi connectivity index (χ1v) is 11.1. The van der Waals surface area contributed by atoms with Crippen LogP contribution in [0.4, 0.5) is 5.69 Å². The molecule has 0 saturated carbocycles. The third kappa shape index (κ3) is 5.90. The Kier molecular flexibility index (Phi) is 7.82. The third-order valence-corrected chi connectivity index (χ3v) is 6.97. The van der Waals surface area contributed by atoms with Crippen LogP contribution < -0.4 is 15.5 Å². The van der Waals surface area contributed by atoms with E-state index in [1.54, 1.807) is 23.1 Å². The lowest BCUT2D eigenvalue weighted by molar-refractivity contribution is -0.928. The summed E-state index contributed by atoms with van der Waals surface area (Å²) < 4.78 is 25.6. The van der Waals surface area contributed by atoms with E-state index in [1.165, 1.54) is 44.2 Å². The number of hydrogen-bond acceptors (Lipinski definition) is 3. The molecule has 3 N–H and O–H groups in total. The van der Waals surface area contributed by atoms with Crippen LogP contribution in [0.5, 0.6) is 0 Å². The van der Waals surface area contributed by atoms with Crippen molar-refractivity contribution in [2.75, 3.05) is 39.0 Å². The Bertz CT molecular complexity index is 707. The number of hydrogen-bond donors (Lipinski definition) is 3. The number of benzene rings is 1. The summed E-state index contributed by atoms with van der Waals surface area (Å²) in [6.45, 7) is 5.59. The molecule has 0 aromatic heterocycles. The largest absolute Gasteiger partial charge is 0.362 e. The van der Waals surface area contributed by atoms with Gasteiger partial charge in [0.05, 0.1) is 24.0 Å². The number of likely N-dealkylation sites (tertiary alicyclic amines) is 1. The Morgan fingerprint density at radius 3 is 2.81 bits per heavy atom. The number of nitrogens with one attached hydrogen (secondary N) is 3. The average Bonchev–Trinajstić information content (AvgIpc) is 2.60. The quantitative estimate of drug-likeness (QED) is 0.473. The number of anilines is 1. The topological polar surface area (TPSA) is 65.9 Å². The molecule has 1 aromatic carbocycles. The minimum absolute atomic E-state index is 0.248. The van der Waals surface area contributed by atoms with E-state index >= 15 is 0 Å². The van der Waals surface area contributed by atoms with Crippen molar-refractivity contribution >= 4 is 33.0 Å². The number of thiocarbonyl (C=S) groups is 1. The molecule has 1 unspecified atom stereocenters. The van der Waals surface area contributed by atoms with Crippen LogP contribution in [0.15, 0.2) is 29.2 Å². The van der Waals surface area contributed by atoms with E-state index in [4.69, 9.17) is 12.2 Å².